The maximum absolute atomic E-state index is 7.45. The fraction of sp³-hybridized carbons (Fsp3) is 0.143. The molecule has 20 nitrogen and oxygen atoms in total. The van der Waals surface area contributed by atoms with Crippen molar-refractivity contribution in [2.75, 3.05) is 0 Å². The summed E-state index contributed by atoms with van der Waals surface area (Å²) >= 11 is 12.4. The fourth-order valence-corrected chi connectivity index (χ4v) is 19.1. The van der Waals surface area contributed by atoms with Gasteiger partial charge in [0.25, 0.3) is 0 Å². The van der Waals surface area contributed by atoms with Crippen LogP contribution in [0, 0.1) is 27.7 Å². The van der Waals surface area contributed by atoms with E-state index in [2.05, 4.69) is 0 Å². The maximum atomic E-state index is 7.45. The summed E-state index contributed by atoms with van der Waals surface area (Å²) in [6.45, 7) is 8.33. The molecular formula is C84H64N16O4S8. The second-order valence-corrected chi connectivity index (χ2v) is 33.0. The molecule has 8 bridgehead atoms. The molecule has 0 unspecified atom stereocenters. The number of fused-ring (bicyclic) bond motifs is 8. The molecule has 28 heteroatoms. The van der Waals surface area contributed by atoms with Gasteiger partial charge in [0.05, 0.1) is 68.3 Å². The monoisotopic (exact) mass is 1620 g/mol. The van der Waals surface area contributed by atoms with Gasteiger partial charge in [0.2, 0.25) is 0 Å². The first kappa shape index (κ1) is 73.2. The van der Waals surface area contributed by atoms with Crippen molar-refractivity contribution in [3.8, 4) is 63.1 Å². The zero-order valence-electron chi connectivity index (χ0n) is 60.5. The standard InChI is InChI=1S/C84H64N16O4S8/c1-49-41-105-77(85-49)81-89-69(45-109-81)37-101-73-53-25-55-31-66(98-94-62-19-11-6-12-20-62)33-57(74(55)102-38-70-46-110-82(90-70)78-86-50(2)42-106-78)27-59-35-68(100-96-64-23-15-8-16-24-64)36-60(76(59)104-40-72-48-112-84(92-72)80-88-52(4)44-108-80)28-58-34-67(99-95-63-21-13-7-14-22-63)32-56(26-54(73)30-65(29-53)97-93-61-17-9-5-10-18-61)75(58)103-39-71-47-111-83(91-71)79-87-51(3)43-107-79/h5-24,29-36,41-48H,25-28,37-40H2,1-4H3. The van der Waals surface area contributed by atoms with Crippen molar-refractivity contribution in [1.82, 2.24) is 39.9 Å². The lowest BCUT2D eigenvalue weighted by atomic mass is 9.90. The normalized spacial score (nSPS) is 12.3. The van der Waals surface area contributed by atoms with Gasteiger partial charge >= 0.3 is 0 Å². The molecule has 8 aromatic heterocycles. The maximum Gasteiger partial charge on any atom is 0.152 e. The Morgan fingerprint density at radius 2 is 0.411 bits per heavy atom. The third kappa shape index (κ3) is 17.9. The lowest BCUT2D eigenvalue weighted by molar-refractivity contribution is 0.289. The third-order valence-electron chi connectivity index (χ3n) is 17.5. The molecule has 17 rings (SSSR count). The molecule has 8 heterocycles. The SMILES string of the molecule is Cc1csc(-c2nc(COc3c4cc(N=Nc5ccccc5)cc3Cc3cc(N=Nc5ccccc5)cc(c3OCc3csc(-c5nc(C)cs5)n3)Cc3cc(N=Nc5ccccc5)cc(c3OCc3csc(-c5nc(C)cs5)n3)Cc3cc(N=Nc5ccccc5)cc(c3OCc3csc(-c5nc(C)cs5)n3)C4)cs2)n1. The molecule has 0 radical (unpaired) electrons. The fourth-order valence-electron chi connectivity index (χ4n) is 12.5. The zero-order chi connectivity index (χ0) is 75.7. The quantitative estimate of drug-likeness (QED) is 0.0513. The van der Waals surface area contributed by atoms with Crippen LogP contribution in [-0.2, 0) is 52.1 Å². The summed E-state index contributed by atoms with van der Waals surface area (Å²) in [6.07, 6.45) is 0.797. The number of azo groups is 4. The Morgan fingerprint density at radius 3 is 0.598 bits per heavy atom. The second-order valence-electron chi connectivity index (χ2n) is 26.1. The van der Waals surface area contributed by atoms with Crippen molar-refractivity contribution in [2.24, 2.45) is 40.9 Å². The molecule has 0 aliphatic heterocycles. The van der Waals surface area contributed by atoms with Crippen LogP contribution in [0.5, 0.6) is 23.0 Å². The Hall–Kier alpha value is -11.6. The van der Waals surface area contributed by atoms with Gasteiger partial charge in [0.1, 0.15) is 49.4 Å². The van der Waals surface area contributed by atoms with Crippen LogP contribution in [0.2, 0.25) is 0 Å². The Labute approximate surface area is 676 Å². The molecule has 0 atom stereocenters. The van der Waals surface area contributed by atoms with E-state index in [0.717, 1.165) is 130 Å². The van der Waals surface area contributed by atoms with Gasteiger partial charge in [-0.05, 0) is 125 Å². The molecule has 0 amide bonds. The summed E-state index contributed by atoms with van der Waals surface area (Å²) in [5.41, 5.74) is 17.5. The number of hydrogen-bond donors (Lipinski definition) is 0. The van der Waals surface area contributed by atoms with Crippen LogP contribution < -0.4 is 18.9 Å². The Bertz CT molecular complexity index is 5310. The van der Waals surface area contributed by atoms with Gasteiger partial charge in [-0.15, -0.1) is 90.7 Å². The Balaban J connectivity index is 0.916. The molecule has 112 heavy (non-hydrogen) atoms. The predicted molar refractivity (Wildman–Crippen MR) is 449 cm³/mol. The molecule has 0 N–H and O–H groups in total. The van der Waals surface area contributed by atoms with E-state index in [-0.39, 0.29) is 52.1 Å². The van der Waals surface area contributed by atoms with Gasteiger partial charge in [-0.25, -0.2) is 39.9 Å². The first-order chi connectivity index (χ1) is 55.0. The second kappa shape index (κ2) is 33.9. The van der Waals surface area contributed by atoms with E-state index in [1.165, 1.54) is 45.3 Å². The third-order valence-corrected chi connectivity index (χ3v) is 25.4. The van der Waals surface area contributed by atoms with Gasteiger partial charge in [-0.3, -0.25) is 0 Å². The van der Waals surface area contributed by atoms with Gasteiger partial charge in [0.15, 0.2) is 40.1 Å². The zero-order valence-corrected chi connectivity index (χ0v) is 67.0. The van der Waals surface area contributed by atoms with Crippen molar-refractivity contribution in [1.29, 1.82) is 0 Å². The lowest BCUT2D eigenvalue weighted by Gasteiger charge is -2.23. The van der Waals surface area contributed by atoms with E-state index in [4.69, 9.17) is 99.7 Å². The summed E-state index contributed by atoms with van der Waals surface area (Å²) in [5.74, 6) is 2.31. The van der Waals surface area contributed by atoms with Gasteiger partial charge in [0, 0.05) is 136 Å². The number of benzene rings is 8. The van der Waals surface area contributed by atoms with Crippen molar-refractivity contribution in [3.05, 3.63) is 303 Å². The topological polar surface area (TPSA) is 239 Å². The molecule has 0 fully saturated rings. The minimum absolute atomic E-state index is 0.0926. The number of hydrogen-bond acceptors (Lipinski definition) is 28. The highest BCUT2D eigenvalue weighted by Gasteiger charge is 2.28. The number of aromatic nitrogens is 8. The number of rotatable bonds is 24. The Kier molecular flexibility index (Phi) is 22.2. The Morgan fingerprint density at radius 1 is 0.232 bits per heavy atom. The first-order valence-corrected chi connectivity index (χ1v) is 42.5. The average molecular weight is 1620 g/mol. The lowest BCUT2D eigenvalue weighted by Crippen LogP contribution is -2.10. The van der Waals surface area contributed by atoms with Crippen molar-refractivity contribution >= 4 is 136 Å². The summed E-state index contributed by atoms with van der Waals surface area (Å²) < 4.78 is 29.8. The van der Waals surface area contributed by atoms with Gasteiger partial charge in [-0.2, -0.15) is 40.9 Å². The summed E-state index contributed by atoms with van der Waals surface area (Å²) in [5, 5.41) is 62.6. The summed E-state index contributed by atoms with van der Waals surface area (Å²) in [6, 6.07) is 55.1. The van der Waals surface area contributed by atoms with E-state index < -0.39 is 0 Å². The molecule has 0 saturated carbocycles. The first-order valence-electron chi connectivity index (χ1n) is 35.5. The van der Waals surface area contributed by atoms with E-state index >= 15 is 0 Å². The minimum atomic E-state index is 0.0926. The molecular weight excluding hydrogens is 1550 g/mol. The molecule has 552 valence electrons. The van der Waals surface area contributed by atoms with Crippen LogP contribution in [0.15, 0.2) is 254 Å². The number of nitrogens with zero attached hydrogens (tertiary/aromatic N) is 16. The van der Waals surface area contributed by atoms with Crippen molar-refractivity contribution in [2.45, 2.75) is 79.8 Å². The van der Waals surface area contributed by atoms with Crippen LogP contribution in [0.25, 0.3) is 40.1 Å². The highest BCUT2D eigenvalue weighted by molar-refractivity contribution is 7.21. The number of ether oxygens (including phenoxy) is 4. The van der Waals surface area contributed by atoms with Crippen LogP contribution in [0.1, 0.15) is 90.1 Å². The molecule has 1 aliphatic rings. The van der Waals surface area contributed by atoms with Crippen LogP contribution in [0.4, 0.5) is 45.5 Å². The highest BCUT2D eigenvalue weighted by atomic mass is 32.1. The largest absolute Gasteiger partial charge is 0.487 e. The number of thiazole rings is 8. The predicted octanol–water partition coefficient (Wildman–Crippen LogP) is 25.9. The van der Waals surface area contributed by atoms with E-state index in [0.29, 0.717) is 68.5 Å². The van der Waals surface area contributed by atoms with Crippen molar-refractivity contribution < 1.29 is 18.9 Å². The number of aryl methyl sites for hydroxylation is 4. The van der Waals surface area contributed by atoms with Crippen LogP contribution in [0.3, 0.4) is 0 Å². The van der Waals surface area contributed by atoms with E-state index in [1.807, 2.05) is 241 Å². The molecule has 8 aromatic carbocycles. The molecule has 0 saturated heterocycles. The average Bonchev–Trinajstić information content (AvgIpc) is 1.61. The molecule has 16 aromatic rings. The summed E-state index contributed by atoms with van der Waals surface area (Å²) in [4.78, 5) is 39.8. The van der Waals surface area contributed by atoms with Gasteiger partial charge in [-0.1, -0.05) is 72.8 Å². The highest BCUT2D eigenvalue weighted by Crippen LogP contribution is 2.46. The van der Waals surface area contributed by atoms with Crippen LogP contribution in [-0.4, -0.2) is 39.9 Å². The molecule has 0 spiro atoms. The summed E-state index contributed by atoms with van der Waals surface area (Å²) in [7, 11) is 0. The molecule has 1 aliphatic carbocycles. The van der Waals surface area contributed by atoms with Crippen molar-refractivity contribution in [3.63, 3.8) is 0 Å². The minimum Gasteiger partial charge on any atom is -0.487 e. The smallest absolute Gasteiger partial charge is 0.152 e. The van der Waals surface area contributed by atoms with E-state index in [1.54, 1.807) is 45.3 Å². The van der Waals surface area contributed by atoms with Gasteiger partial charge < -0.3 is 18.9 Å². The van der Waals surface area contributed by atoms with E-state index in [9.17, 15) is 0 Å². The van der Waals surface area contributed by atoms with Crippen LogP contribution >= 0.6 is 90.7 Å².